The van der Waals surface area contributed by atoms with Crippen molar-refractivity contribution < 1.29 is 27.2 Å². The molecule has 1 atom stereocenters. The van der Waals surface area contributed by atoms with Crippen LogP contribution in [0.5, 0.6) is 0 Å². The van der Waals surface area contributed by atoms with Crippen LogP contribution in [0.3, 0.4) is 0 Å². The minimum atomic E-state index is -4.64. The van der Waals surface area contributed by atoms with Crippen molar-refractivity contribution in [3.63, 3.8) is 0 Å². The van der Waals surface area contributed by atoms with Gasteiger partial charge in [0.25, 0.3) is 0 Å². The van der Waals surface area contributed by atoms with E-state index < -0.39 is 29.4 Å². The third kappa shape index (κ3) is 6.50. The molecule has 1 unspecified atom stereocenters. The van der Waals surface area contributed by atoms with Crippen LogP contribution in [0.4, 0.5) is 24.8 Å². The van der Waals surface area contributed by atoms with E-state index in [2.05, 4.69) is 21.3 Å². The number of hydrogen-bond donors (Lipinski definition) is 1. The standard InChI is InChI=1S/C33H29F3N8O3/c1-20-28(30(45)47-4)29(43-31(40-41-32(43)46)42(20)26-7-5-6-24(15-26)33(34,35)36)27-11-9-21(16-37)14-23(27)12-13-44(2,3)19-22-8-10-25(17-38)39-18-22/h5-11,14-15,18,29H,12-13,19H2,1-4H3/p+1. The summed E-state index contributed by atoms with van der Waals surface area (Å²) < 4.78 is 47.9. The van der Waals surface area contributed by atoms with Gasteiger partial charge >= 0.3 is 17.8 Å². The number of anilines is 2. The van der Waals surface area contributed by atoms with E-state index in [4.69, 9.17) is 10.00 Å². The van der Waals surface area contributed by atoms with Crippen molar-refractivity contribution in [3.05, 3.63) is 116 Å². The molecule has 0 spiro atoms. The Bertz CT molecular complexity index is 2010. The maximum atomic E-state index is 13.7. The molecule has 3 heterocycles. The predicted octanol–water partition coefficient (Wildman–Crippen LogP) is 4.74. The second-order valence-corrected chi connectivity index (χ2v) is 11.7. The number of carbonyl (C=O) groups excluding carboxylic acids is 1. The molecule has 14 heteroatoms. The normalized spacial score (nSPS) is 14.7. The number of esters is 1. The van der Waals surface area contributed by atoms with Gasteiger partial charge in [0, 0.05) is 29.6 Å². The average molecular weight is 644 g/mol. The summed E-state index contributed by atoms with van der Waals surface area (Å²) in [4.78, 5) is 32.3. The number of likely N-dealkylation sites (N-methyl/N-ethyl adjacent to an activating group) is 1. The van der Waals surface area contributed by atoms with Gasteiger partial charge in [0.05, 0.1) is 50.5 Å². The van der Waals surface area contributed by atoms with Crippen LogP contribution in [0, 0.1) is 22.7 Å². The molecular weight excluding hydrogens is 613 g/mol. The molecule has 0 radical (unpaired) electrons. The number of pyridine rings is 1. The van der Waals surface area contributed by atoms with Gasteiger partial charge in [0.1, 0.15) is 24.3 Å². The van der Waals surface area contributed by atoms with E-state index in [1.807, 2.05) is 26.2 Å². The number of ether oxygens (including phenoxy) is 1. The number of alkyl halides is 3. The number of hydrogen-bond acceptors (Lipinski definition) is 8. The molecule has 0 fully saturated rings. The molecule has 2 aromatic carbocycles. The summed E-state index contributed by atoms with van der Waals surface area (Å²) in [6.45, 7) is 2.70. The molecule has 0 saturated heterocycles. The van der Waals surface area contributed by atoms with Crippen LogP contribution in [0.1, 0.15) is 46.5 Å². The van der Waals surface area contributed by atoms with Crippen molar-refractivity contribution in [2.45, 2.75) is 32.1 Å². The van der Waals surface area contributed by atoms with E-state index in [1.165, 1.54) is 28.7 Å². The molecule has 0 bridgehead atoms. The number of rotatable bonds is 8. The summed E-state index contributed by atoms with van der Waals surface area (Å²) >= 11 is 0. The van der Waals surface area contributed by atoms with Crippen molar-refractivity contribution in [3.8, 4) is 12.1 Å². The molecule has 1 aliphatic rings. The van der Waals surface area contributed by atoms with E-state index in [9.17, 15) is 28.0 Å². The van der Waals surface area contributed by atoms with Crippen LogP contribution in [0.2, 0.25) is 0 Å². The summed E-state index contributed by atoms with van der Waals surface area (Å²) in [5, 5.41) is 25.4. The van der Waals surface area contributed by atoms with Crippen molar-refractivity contribution in [1.82, 2.24) is 19.7 Å². The quantitative estimate of drug-likeness (QED) is 0.215. The zero-order valence-electron chi connectivity index (χ0n) is 26.0. The number of nitrogens with one attached hydrogen (secondary N) is 1. The Hall–Kier alpha value is -5.73. The maximum Gasteiger partial charge on any atom is 0.416 e. The van der Waals surface area contributed by atoms with Gasteiger partial charge < -0.3 is 9.22 Å². The van der Waals surface area contributed by atoms with Crippen LogP contribution in [-0.4, -0.2) is 58.0 Å². The molecule has 240 valence electrons. The minimum Gasteiger partial charge on any atom is -0.466 e. The molecule has 47 heavy (non-hydrogen) atoms. The number of allylic oxidation sites excluding steroid dienone is 1. The van der Waals surface area contributed by atoms with Crippen molar-refractivity contribution in [2.24, 2.45) is 0 Å². The number of carbonyl (C=O) groups is 1. The first-order valence-corrected chi connectivity index (χ1v) is 14.4. The van der Waals surface area contributed by atoms with Gasteiger partial charge in [-0.2, -0.15) is 23.7 Å². The summed E-state index contributed by atoms with van der Waals surface area (Å²) in [7, 11) is 5.21. The number of nitrogens with zero attached hydrogens (tertiary/aromatic N) is 7. The van der Waals surface area contributed by atoms with Crippen molar-refractivity contribution >= 4 is 17.6 Å². The molecule has 1 aliphatic heterocycles. The van der Waals surface area contributed by atoms with Crippen LogP contribution in [0.25, 0.3) is 0 Å². The van der Waals surface area contributed by atoms with E-state index in [0.717, 1.165) is 17.7 Å². The Kier molecular flexibility index (Phi) is 8.74. The highest BCUT2D eigenvalue weighted by atomic mass is 19.4. The fraction of sp³-hybridized carbons (Fsp3) is 0.273. The average Bonchev–Trinajstić information content (AvgIpc) is 3.43. The molecule has 0 aliphatic carbocycles. The van der Waals surface area contributed by atoms with Gasteiger partial charge in [0.2, 0.25) is 5.95 Å². The number of aromatic nitrogens is 4. The maximum absolute atomic E-state index is 13.7. The molecule has 1 N–H and O–H groups in total. The third-order valence-electron chi connectivity index (χ3n) is 8.08. The lowest BCUT2D eigenvalue weighted by Gasteiger charge is -2.36. The lowest BCUT2D eigenvalue weighted by Crippen LogP contribution is -2.41. The highest BCUT2D eigenvalue weighted by molar-refractivity contribution is 5.93. The second kappa shape index (κ2) is 12.6. The molecule has 4 aromatic rings. The van der Waals surface area contributed by atoms with Gasteiger partial charge in [-0.15, -0.1) is 5.10 Å². The Morgan fingerprint density at radius 2 is 1.87 bits per heavy atom. The first-order chi connectivity index (χ1) is 22.3. The molecular formula is C33H30F3N8O3+. The van der Waals surface area contributed by atoms with E-state index >= 15 is 0 Å². The van der Waals surface area contributed by atoms with Crippen LogP contribution in [-0.2, 0) is 28.7 Å². The topological polar surface area (TPSA) is 141 Å². The molecule has 11 nitrogen and oxygen atoms in total. The number of methoxy groups -OCH3 is 1. The highest BCUT2D eigenvalue weighted by Crippen LogP contribution is 2.43. The number of quaternary nitrogens is 1. The smallest absolute Gasteiger partial charge is 0.416 e. The highest BCUT2D eigenvalue weighted by Gasteiger charge is 2.41. The van der Waals surface area contributed by atoms with Gasteiger partial charge in [-0.1, -0.05) is 12.1 Å². The van der Waals surface area contributed by atoms with E-state index in [0.29, 0.717) is 46.4 Å². The van der Waals surface area contributed by atoms with Crippen molar-refractivity contribution in [2.75, 3.05) is 32.6 Å². The Morgan fingerprint density at radius 1 is 1.11 bits per heavy atom. The Balaban J connectivity index is 1.62. The number of benzene rings is 2. The number of halogens is 3. The lowest BCUT2D eigenvalue weighted by atomic mass is 9.89. The molecule has 5 rings (SSSR count). The molecule has 0 amide bonds. The number of nitriles is 2. The van der Waals surface area contributed by atoms with Gasteiger partial charge in [0.15, 0.2) is 0 Å². The summed E-state index contributed by atoms with van der Waals surface area (Å²) in [5.74, 6) is -0.813. The molecule has 2 aromatic heterocycles. The summed E-state index contributed by atoms with van der Waals surface area (Å²) in [6, 6.07) is 16.0. The minimum absolute atomic E-state index is 0.0178. The number of H-pyrrole nitrogens is 1. The lowest BCUT2D eigenvalue weighted by molar-refractivity contribution is -0.903. The second-order valence-electron chi connectivity index (χ2n) is 11.7. The van der Waals surface area contributed by atoms with Crippen molar-refractivity contribution in [1.29, 1.82) is 10.5 Å². The largest absolute Gasteiger partial charge is 0.466 e. The van der Waals surface area contributed by atoms with Gasteiger partial charge in [-0.25, -0.2) is 24.2 Å². The molecule has 0 saturated carbocycles. The first-order valence-electron chi connectivity index (χ1n) is 14.4. The van der Waals surface area contributed by atoms with E-state index in [-0.39, 0.29) is 22.9 Å². The number of aromatic amines is 1. The van der Waals surface area contributed by atoms with Gasteiger partial charge in [-0.05, 0) is 60.5 Å². The fourth-order valence-corrected chi connectivity index (χ4v) is 5.82. The predicted molar refractivity (Wildman–Crippen MR) is 164 cm³/mol. The Morgan fingerprint density at radius 3 is 2.51 bits per heavy atom. The first kappa shape index (κ1) is 32.7. The SMILES string of the molecule is COC(=O)C1=C(C)N(c2cccc(C(F)(F)F)c2)c2n[nH]c(=O)n2C1c1ccc(C#N)cc1CC[N+](C)(C)Cc1ccc(C#N)nc1. The monoisotopic (exact) mass is 643 g/mol. The van der Waals surface area contributed by atoms with Crippen LogP contribution in [0.15, 0.2) is 76.9 Å². The fourth-order valence-electron chi connectivity index (χ4n) is 5.82. The zero-order chi connectivity index (χ0) is 34.1. The summed E-state index contributed by atoms with van der Waals surface area (Å²) in [6.07, 6.45) is -2.56. The van der Waals surface area contributed by atoms with Gasteiger partial charge in [-0.3, -0.25) is 4.90 Å². The van der Waals surface area contributed by atoms with Crippen LogP contribution < -0.4 is 10.6 Å². The number of fused-ring (bicyclic) bond motifs is 1. The van der Waals surface area contributed by atoms with E-state index in [1.54, 1.807) is 37.4 Å². The summed E-state index contributed by atoms with van der Waals surface area (Å²) in [5.41, 5.74) is 1.46. The van der Waals surface area contributed by atoms with Crippen LogP contribution >= 0.6 is 0 Å². The third-order valence-corrected chi connectivity index (χ3v) is 8.08. The zero-order valence-corrected chi connectivity index (χ0v) is 26.0. The Labute approximate surface area is 268 Å².